The standard InChI is InChI=1S/C26H34ClN3O3/c1-25(2)16-19(17-26(3,4)29-25)28-24(31)18-8-9-23(22(27)14-18)33-21-7-5-6-20(15-21)30-10-12-32-13-11-30/h5-9,14-15,19,29H,10-13,16-17H2,1-4H3,(H,28,31). The highest BCUT2D eigenvalue weighted by Crippen LogP contribution is 2.33. The molecule has 2 heterocycles. The van der Waals surface area contributed by atoms with Gasteiger partial charge in [-0.25, -0.2) is 0 Å². The molecule has 0 unspecified atom stereocenters. The van der Waals surface area contributed by atoms with Crippen molar-refractivity contribution in [2.45, 2.75) is 57.7 Å². The number of hydrogen-bond donors (Lipinski definition) is 2. The van der Waals surface area contributed by atoms with Gasteiger partial charge in [-0.1, -0.05) is 17.7 Å². The van der Waals surface area contributed by atoms with Gasteiger partial charge < -0.3 is 25.0 Å². The Kier molecular flexibility index (Phi) is 6.89. The molecule has 2 saturated heterocycles. The van der Waals surface area contributed by atoms with E-state index in [2.05, 4.69) is 49.3 Å². The van der Waals surface area contributed by atoms with E-state index >= 15 is 0 Å². The highest BCUT2D eigenvalue weighted by atomic mass is 35.5. The molecule has 0 radical (unpaired) electrons. The maximum absolute atomic E-state index is 12.9. The van der Waals surface area contributed by atoms with Crippen molar-refractivity contribution in [2.75, 3.05) is 31.2 Å². The normalized spacial score (nSPS) is 20.3. The van der Waals surface area contributed by atoms with E-state index in [0.29, 0.717) is 22.1 Å². The summed E-state index contributed by atoms with van der Waals surface area (Å²) in [4.78, 5) is 15.2. The zero-order valence-electron chi connectivity index (χ0n) is 19.9. The minimum atomic E-state index is -0.115. The van der Waals surface area contributed by atoms with E-state index in [1.807, 2.05) is 18.2 Å². The number of halogens is 1. The minimum absolute atomic E-state index is 0.0369. The van der Waals surface area contributed by atoms with E-state index in [4.69, 9.17) is 21.1 Å². The molecule has 6 nitrogen and oxygen atoms in total. The Morgan fingerprint density at radius 1 is 1.09 bits per heavy atom. The van der Waals surface area contributed by atoms with Crippen molar-refractivity contribution in [2.24, 2.45) is 0 Å². The highest BCUT2D eigenvalue weighted by Gasteiger charge is 2.38. The fraction of sp³-hybridized carbons (Fsp3) is 0.500. The van der Waals surface area contributed by atoms with E-state index in [-0.39, 0.29) is 23.0 Å². The van der Waals surface area contributed by atoms with E-state index < -0.39 is 0 Å². The molecule has 0 spiro atoms. The van der Waals surface area contributed by atoms with Crippen molar-refractivity contribution in [1.82, 2.24) is 10.6 Å². The summed E-state index contributed by atoms with van der Waals surface area (Å²) in [5, 5.41) is 7.24. The highest BCUT2D eigenvalue weighted by molar-refractivity contribution is 6.32. The van der Waals surface area contributed by atoms with Gasteiger partial charge in [0.1, 0.15) is 11.5 Å². The molecule has 0 aliphatic carbocycles. The van der Waals surface area contributed by atoms with E-state index in [9.17, 15) is 4.79 Å². The molecule has 2 aromatic rings. The second kappa shape index (κ2) is 9.53. The number of anilines is 1. The SMILES string of the molecule is CC1(C)CC(NC(=O)c2ccc(Oc3cccc(N4CCOCC4)c3)c(Cl)c2)CC(C)(C)N1. The summed E-state index contributed by atoms with van der Waals surface area (Å²) in [6.07, 6.45) is 1.74. The Morgan fingerprint density at radius 2 is 1.79 bits per heavy atom. The molecule has 2 N–H and O–H groups in total. The third kappa shape index (κ3) is 6.19. The van der Waals surface area contributed by atoms with Crippen LogP contribution in [0, 0.1) is 0 Å². The van der Waals surface area contributed by atoms with Crippen molar-refractivity contribution in [1.29, 1.82) is 0 Å². The lowest BCUT2D eigenvalue weighted by atomic mass is 9.79. The average Bonchev–Trinajstić information content (AvgIpc) is 2.74. The maximum Gasteiger partial charge on any atom is 0.251 e. The summed E-state index contributed by atoms with van der Waals surface area (Å²) in [5.41, 5.74) is 1.55. The summed E-state index contributed by atoms with van der Waals surface area (Å²) < 4.78 is 11.5. The molecule has 0 aromatic heterocycles. The first-order valence-corrected chi connectivity index (χ1v) is 12.0. The van der Waals surface area contributed by atoms with Crippen LogP contribution in [0.1, 0.15) is 50.9 Å². The van der Waals surface area contributed by atoms with Gasteiger partial charge in [0.05, 0.1) is 18.2 Å². The Balaban J connectivity index is 1.42. The van der Waals surface area contributed by atoms with Gasteiger partial charge >= 0.3 is 0 Å². The molecule has 2 aromatic carbocycles. The second-order valence-corrected chi connectivity index (χ2v) is 10.7. The lowest BCUT2D eigenvalue weighted by Gasteiger charge is -2.46. The Morgan fingerprint density at radius 3 is 2.45 bits per heavy atom. The van der Waals surface area contributed by atoms with E-state index in [1.54, 1.807) is 18.2 Å². The number of benzene rings is 2. The van der Waals surface area contributed by atoms with Gasteiger partial charge in [-0.3, -0.25) is 4.79 Å². The molecule has 0 bridgehead atoms. The third-order valence-corrected chi connectivity index (χ3v) is 6.44. The first-order chi connectivity index (χ1) is 15.6. The van der Waals surface area contributed by atoms with Gasteiger partial charge in [-0.05, 0) is 70.9 Å². The number of ether oxygens (including phenoxy) is 2. The molecular formula is C26H34ClN3O3. The van der Waals surface area contributed by atoms with Crippen molar-refractivity contribution >= 4 is 23.2 Å². The topological polar surface area (TPSA) is 62.8 Å². The lowest BCUT2D eigenvalue weighted by molar-refractivity contribution is 0.0873. The molecular weight excluding hydrogens is 438 g/mol. The number of carbonyl (C=O) groups excluding carboxylic acids is 1. The molecule has 33 heavy (non-hydrogen) atoms. The van der Waals surface area contributed by atoms with Crippen LogP contribution in [0.15, 0.2) is 42.5 Å². The number of hydrogen-bond acceptors (Lipinski definition) is 5. The van der Waals surface area contributed by atoms with Crippen molar-refractivity contribution in [3.8, 4) is 11.5 Å². The summed E-state index contributed by atoms with van der Waals surface area (Å²) in [7, 11) is 0. The first kappa shape index (κ1) is 23.9. The number of morpholine rings is 1. The van der Waals surface area contributed by atoms with Gasteiger partial charge in [0, 0.05) is 47.5 Å². The Bertz CT molecular complexity index is 986. The molecule has 2 aliphatic rings. The molecule has 2 fully saturated rings. The van der Waals surface area contributed by atoms with Crippen LogP contribution in [0.5, 0.6) is 11.5 Å². The minimum Gasteiger partial charge on any atom is -0.456 e. The van der Waals surface area contributed by atoms with Crippen molar-refractivity contribution in [3.63, 3.8) is 0 Å². The molecule has 0 atom stereocenters. The molecule has 2 aliphatic heterocycles. The average molecular weight is 472 g/mol. The third-order valence-electron chi connectivity index (χ3n) is 6.14. The predicted molar refractivity (Wildman–Crippen MR) is 133 cm³/mol. The zero-order chi connectivity index (χ0) is 23.6. The van der Waals surface area contributed by atoms with Crippen LogP contribution in [-0.4, -0.2) is 49.3 Å². The number of rotatable bonds is 5. The van der Waals surface area contributed by atoms with Crippen LogP contribution in [0.3, 0.4) is 0 Å². The van der Waals surface area contributed by atoms with E-state index in [1.165, 1.54) is 0 Å². The van der Waals surface area contributed by atoms with E-state index in [0.717, 1.165) is 44.8 Å². The summed E-state index contributed by atoms with van der Waals surface area (Å²) in [6, 6.07) is 13.2. The van der Waals surface area contributed by atoms with Crippen LogP contribution >= 0.6 is 11.6 Å². The summed E-state index contributed by atoms with van der Waals surface area (Å²) in [5.74, 6) is 1.12. The molecule has 7 heteroatoms. The van der Waals surface area contributed by atoms with Gasteiger partial charge in [0.25, 0.3) is 5.91 Å². The fourth-order valence-electron chi connectivity index (χ4n) is 5.11. The number of carbonyl (C=O) groups is 1. The Labute approximate surface area is 201 Å². The number of nitrogens with zero attached hydrogens (tertiary/aromatic N) is 1. The van der Waals surface area contributed by atoms with Gasteiger partial charge in [-0.2, -0.15) is 0 Å². The van der Waals surface area contributed by atoms with Gasteiger partial charge in [0.15, 0.2) is 0 Å². The smallest absolute Gasteiger partial charge is 0.251 e. The van der Waals surface area contributed by atoms with Gasteiger partial charge in [-0.15, -0.1) is 0 Å². The number of amides is 1. The van der Waals surface area contributed by atoms with Crippen LogP contribution in [-0.2, 0) is 4.74 Å². The molecule has 178 valence electrons. The Hall–Kier alpha value is -2.28. The van der Waals surface area contributed by atoms with Crippen molar-refractivity contribution in [3.05, 3.63) is 53.1 Å². The van der Waals surface area contributed by atoms with Crippen LogP contribution in [0.4, 0.5) is 5.69 Å². The van der Waals surface area contributed by atoms with Gasteiger partial charge in [0.2, 0.25) is 0 Å². The van der Waals surface area contributed by atoms with Crippen LogP contribution in [0.25, 0.3) is 0 Å². The molecule has 0 saturated carbocycles. The van der Waals surface area contributed by atoms with Crippen LogP contribution in [0.2, 0.25) is 5.02 Å². The quantitative estimate of drug-likeness (QED) is 0.642. The number of nitrogens with one attached hydrogen (secondary N) is 2. The van der Waals surface area contributed by atoms with Crippen molar-refractivity contribution < 1.29 is 14.3 Å². The second-order valence-electron chi connectivity index (χ2n) is 10.3. The summed E-state index contributed by atoms with van der Waals surface area (Å²) in [6.45, 7) is 11.9. The zero-order valence-corrected chi connectivity index (χ0v) is 20.7. The molecule has 1 amide bonds. The predicted octanol–water partition coefficient (Wildman–Crippen LogP) is 5.01. The monoisotopic (exact) mass is 471 g/mol. The maximum atomic E-state index is 12.9. The number of piperidine rings is 1. The largest absolute Gasteiger partial charge is 0.456 e. The fourth-order valence-corrected chi connectivity index (χ4v) is 5.33. The lowest BCUT2D eigenvalue weighted by Crippen LogP contribution is -2.62. The first-order valence-electron chi connectivity index (χ1n) is 11.6. The van der Waals surface area contributed by atoms with Crippen LogP contribution < -0.4 is 20.3 Å². The molecule has 4 rings (SSSR count). The summed E-state index contributed by atoms with van der Waals surface area (Å²) >= 11 is 6.50.